The van der Waals surface area contributed by atoms with Crippen molar-refractivity contribution in [1.82, 2.24) is 10.6 Å². The van der Waals surface area contributed by atoms with Gasteiger partial charge in [-0.05, 0) is 47.9 Å². The van der Waals surface area contributed by atoms with Crippen molar-refractivity contribution < 1.29 is 35.9 Å². The molecular formula is C28H28F6N2O2. The molecule has 0 saturated carbocycles. The molecule has 1 unspecified atom stereocenters. The highest BCUT2D eigenvalue weighted by Gasteiger charge is 2.40. The highest BCUT2D eigenvalue weighted by molar-refractivity contribution is 5.85. The van der Waals surface area contributed by atoms with E-state index in [9.17, 15) is 31.1 Å². The molecule has 0 aromatic heterocycles. The SMILES string of the molecule is CCCC(NCc1cccc(C(F)(F)F)c1)(Oc1ccc(C(F)(F)F)cc1)C(=O)NCCc1ccccc1. The fourth-order valence-corrected chi connectivity index (χ4v) is 3.89. The van der Waals surface area contributed by atoms with E-state index in [4.69, 9.17) is 4.74 Å². The van der Waals surface area contributed by atoms with Crippen LogP contribution >= 0.6 is 0 Å². The number of hydrogen-bond acceptors (Lipinski definition) is 3. The fraction of sp³-hybridized carbons (Fsp3) is 0.321. The van der Waals surface area contributed by atoms with Crippen LogP contribution in [0.2, 0.25) is 0 Å². The summed E-state index contributed by atoms with van der Waals surface area (Å²) < 4.78 is 84.6. The fourth-order valence-electron chi connectivity index (χ4n) is 3.89. The lowest BCUT2D eigenvalue weighted by atomic mass is 10.0. The second-order valence-corrected chi connectivity index (χ2v) is 8.74. The van der Waals surface area contributed by atoms with Crippen molar-refractivity contribution in [1.29, 1.82) is 0 Å². The van der Waals surface area contributed by atoms with Gasteiger partial charge in [0.15, 0.2) is 0 Å². The molecule has 0 aliphatic carbocycles. The Hall–Kier alpha value is -3.53. The summed E-state index contributed by atoms with van der Waals surface area (Å²) in [5, 5.41) is 5.75. The van der Waals surface area contributed by atoms with E-state index in [1.807, 2.05) is 30.3 Å². The predicted octanol–water partition coefficient (Wildman–Crippen LogP) is 6.75. The Kier molecular flexibility index (Phi) is 9.43. The Morgan fingerprint density at radius 3 is 2.03 bits per heavy atom. The third-order valence-electron chi connectivity index (χ3n) is 5.82. The minimum Gasteiger partial charge on any atom is -0.463 e. The first kappa shape index (κ1) is 29.0. The lowest BCUT2D eigenvalue weighted by molar-refractivity contribution is -0.141. The molecule has 0 aliphatic heterocycles. The number of carbonyl (C=O) groups excluding carboxylic acids is 1. The summed E-state index contributed by atoms with van der Waals surface area (Å²) in [7, 11) is 0. The van der Waals surface area contributed by atoms with Crippen LogP contribution < -0.4 is 15.4 Å². The van der Waals surface area contributed by atoms with Crippen molar-refractivity contribution in [3.05, 3.63) is 101 Å². The van der Waals surface area contributed by atoms with Crippen molar-refractivity contribution in [2.45, 2.75) is 50.8 Å². The van der Waals surface area contributed by atoms with Crippen molar-refractivity contribution in [3.8, 4) is 5.75 Å². The smallest absolute Gasteiger partial charge is 0.416 e. The second-order valence-electron chi connectivity index (χ2n) is 8.74. The second kappa shape index (κ2) is 12.3. The topological polar surface area (TPSA) is 50.4 Å². The number of nitrogens with one attached hydrogen (secondary N) is 2. The van der Waals surface area contributed by atoms with Crippen LogP contribution in [-0.4, -0.2) is 18.2 Å². The molecule has 0 aliphatic rings. The molecular weight excluding hydrogens is 510 g/mol. The van der Waals surface area contributed by atoms with E-state index in [1.165, 1.54) is 12.1 Å². The van der Waals surface area contributed by atoms with Gasteiger partial charge in [0.05, 0.1) is 11.1 Å². The van der Waals surface area contributed by atoms with Crippen LogP contribution in [0.25, 0.3) is 0 Å². The lowest BCUT2D eigenvalue weighted by Gasteiger charge is -2.34. The molecule has 3 aromatic rings. The Balaban J connectivity index is 1.85. The molecule has 0 bridgehead atoms. The van der Waals surface area contributed by atoms with Crippen molar-refractivity contribution in [2.24, 2.45) is 0 Å². The predicted molar refractivity (Wildman–Crippen MR) is 131 cm³/mol. The maximum absolute atomic E-state index is 13.5. The summed E-state index contributed by atoms with van der Waals surface area (Å²) in [6, 6.07) is 17.9. The molecule has 38 heavy (non-hydrogen) atoms. The Labute approximate surface area is 217 Å². The van der Waals surface area contributed by atoms with E-state index in [-0.39, 0.29) is 30.8 Å². The molecule has 1 amide bonds. The van der Waals surface area contributed by atoms with E-state index in [0.29, 0.717) is 12.8 Å². The Morgan fingerprint density at radius 1 is 0.789 bits per heavy atom. The number of alkyl halides is 6. The van der Waals surface area contributed by atoms with Gasteiger partial charge in [0, 0.05) is 19.5 Å². The number of ether oxygens (including phenoxy) is 1. The number of amides is 1. The van der Waals surface area contributed by atoms with Crippen LogP contribution in [0.15, 0.2) is 78.9 Å². The van der Waals surface area contributed by atoms with Gasteiger partial charge in [0.25, 0.3) is 5.91 Å². The summed E-state index contributed by atoms with van der Waals surface area (Å²) in [5.41, 5.74) is -2.23. The minimum atomic E-state index is -4.55. The normalized spacial score (nSPS) is 13.6. The number of benzene rings is 3. The highest BCUT2D eigenvalue weighted by Crippen LogP contribution is 2.32. The molecule has 0 saturated heterocycles. The third-order valence-corrected chi connectivity index (χ3v) is 5.82. The molecule has 0 fully saturated rings. The average molecular weight is 539 g/mol. The standard InChI is InChI=1S/C28H28F6N2O2/c1-2-16-26(25(37)35-17-15-20-7-4-3-5-8-20,38-24-13-11-22(12-14-24)27(29,30)31)36-19-21-9-6-10-23(18-21)28(32,33)34/h3-14,18,36H,2,15-17,19H2,1H3,(H,35,37). The molecule has 2 N–H and O–H groups in total. The lowest BCUT2D eigenvalue weighted by Crippen LogP contribution is -2.61. The number of halogens is 6. The van der Waals surface area contributed by atoms with E-state index in [0.717, 1.165) is 42.0 Å². The van der Waals surface area contributed by atoms with Gasteiger partial charge in [0.2, 0.25) is 5.72 Å². The highest BCUT2D eigenvalue weighted by atomic mass is 19.4. The van der Waals surface area contributed by atoms with Crippen LogP contribution in [-0.2, 0) is 30.1 Å². The first-order valence-corrected chi connectivity index (χ1v) is 12.0. The quantitative estimate of drug-likeness (QED) is 0.210. The summed E-state index contributed by atoms with van der Waals surface area (Å²) in [6.07, 6.45) is -8.03. The van der Waals surface area contributed by atoms with Crippen molar-refractivity contribution in [3.63, 3.8) is 0 Å². The van der Waals surface area contributed by atoms with Gasteiger partial charge in [-0.1, -0.05) is 61.9 Å². The first-order chi connectivity index (χ1) is 17.9. The van der Waals surface area contributed by atoms with Gasteiger partial charge in [-0.15, -0.1) is 0 Å². The monoisotopic (exact) mass is 538 g/mol. The van der Waals surface area contributed by atoms with Crippen LogP contribution in [0.3, 0.4) is 0 Å². The van der Waals surface area contributed by atoms with E-state index in [2.05, 4.69) is 10.6 Å². The van der Waals surface area contributed by atoms with Crippen molar-refractivity contribution in [2.75, 3.05) is 6.54 Å². The third kappa shape index (κ3) is 7.98. The summed E-state index contributed by atoms with van der Waals surface area (Å²) in [5.74, 6) is -0.580. The van der Waals surface area contributed by atoms with Gasteiger partial charge < -0.3 is 10.1 Å². The molecule has 204 valence electrons. The first-order valence-electron chi connectivity index (χ1n) is 12.0. The molecule has 0 spiro atoms. The Morgan fingerprint density at radius 2 is 1.42 bits per heavy atom. The van der Waals surface area contributed by atoms with Crippen molar-refractivity contribution >= 4 is 5.91 Å². The minimum absolute atomic E-state index is 0.00111. The summed E-state index contributed by atoms with van der Waals surface area (Å²) in [6.45, 7) is 1.88. The molecule has 3 aromatic carbocycles. The van der Waals surface area contributed by atoms with Gasteiger partial charge in [-0.2, -0.15) is 26.3 Å². The maximum Gasteiger partial charge on any atom is 0.416 e. The zero-order valence-corrected chi connectivity index (χ0v) is 20.6. The zero-order valence-electron chi connectivity index (χ0n) is 20.6. The molecule has 0 heterocycles. The molecule has 3 rings (SSSR count). The van der Waals surface area contributed by atoms with Gasteiger partial charge in [0.1, 0.15) is 5.75 Å². The number of hydrogen-bond donors (Lipinski definition) is 2. The summed E-state index contributed by atoms with van der Waals surface area (Å²) >= 11 is 0. The largest absolute Gasteiger partial charge is 0.463 e. The van der Waals surface area contributed by atoms with Gasteiger partial charge in [-0.3, -0.25) is 10.1 Å². The molecule has 1 atom stereocenters. The summed E-state index contributed by atoms with van der Waals surface area (Å²) in [4.78, 5) is 13.5. The van der Waals surface area contributed by atoms with Gasteiger partial charge in [-0.25, -0.2) is 0 Å². The average Bonchev–Trinajstić information content (AvgIpc) is 2.87. The van der Waals surface area contributed by atoms with Crippen LogP contribution in [0.4, 0.5) is 26.3 Å². The van der Waals surface area contributed by atoms with Crippen LogP contribution in [0.1, 0.15) is 42.0 Å². The number of rotatable bonds is 11. The van der Waals surface area contributed by atoms with E-state index >= 15 is 0 Å². The van der Waals surface area contributed by atoms with E-state index < -0.39 is 35.1 Å². The van der Waals surface area contributed by atoms with Crippen LogP contribution in [0.5, 0.6) is 5.75 Å². The van der Waals surface area contributed by atoms with Gasteiger partial charge >= 0.3 is 12.4 Å². The van der Waals surface area contributed by atoms with E-state index in [1.54, 1.807) is 6.92 Å². The molecule has 10 heteroatoms. The van der Waals surface area contributed by atoms with Crippen LogP contribution in [0, 0.1) is 0 Å². The molecule has 0 radical (unpaired) electrons. The Bertz CT molecular complexity index is 1180. The maximum atomic E-state index is 13.5. The molecule has 4 nitrogen and oxygen atoms in total. The zero-order chi connectivity index (χ0) is 27.8. The number of carbonyl (C=O) groups is 1.